The number of ether oxygens (including phenoxy) is 2. The summed E-state index contributed by atoms with van der Waals surface area (Å²) in [7, 11) is 0. The molecule has 0 radical (unpaired) electrons. The second-order valence-corrected chi connectivity index (χ2v) is 7.42. The number of hydrogen-bond donors (Lipinski definition) is 4. The second kappa shape index (κ2) is 11.1. The Labute approximate surface area is 180 Å². The standard InChI is InChI=1S/C23H28O8/c1-14(24)30-18(7-3-16-5-9-20(26)22(28)11-16)13-19(31-15(2)25)8-4-17-6-10-21(27)23(29)12-17/h5-6,9-12,18-19,26-29H,3-4,7-8,13H2,1-2H3. The summed E-state index contributed by atoms with van der Waals surface area (Å²) in [4.78, 5) is 23.1. The van der Waals surface area contributed by atoms with E-state index in [1.54, 1.807) is 12.1 Å². The van der Waals surface area contributed by atoms with Crippen LogP contribution in [-0.4, -0.2) is 44.6 Å². The molecular formula is C23H28O8. The van der Waals surface area contributed by atoms with Crippen molar-refractivity contribution < 1.29 is 39.5 Å². The van der Waals surface area contributed by atoms with E-state index >= 15 is 0 Å². The van der Waals surface area contributed by atoms with E-state index in [0.29, 0.717) is 25.7 Å². The van der Waals surface area contributed by atoms with E-state index in [2.05, 4.69) is 0 Å². The maximum absolute atomic E-state index is 11.6. The summed E-state index contributed by atoms with van der Waals surface area (Å²) in [5, 5.41) is 38.1. The molecule has 0 saturated carbocycles. The van der Waals surface area contributed by atoms with Crippen molar-refractivity contribution in [1.29, 1.82) is 0 Å². The van der Waals surface area contributed by atoms with Crippen molar-refractivity contribution in [3.8, 4) is 23.0 Å². The molecule has 0 aliphatic heterocycles. The van der Waals surface area contributed by atoms with Crippen molar-refractivity contribution in [2.24, 2.45) is 0 Å². The summed E-state index contributed by atoms with van der Waals surface area (Å²) in [6, 6.07) is 9.00. The van der Waals surface area contributed by atoms with Crippen LogP contribution < -0.4 is 0 Å². The number of aryl methyl sites for hydroxylation is 2. The Kier molecular flexibility index (Phi) is 8.54. The Morgan fingerprint density at radius 3 is 1.42 bits per heavy atom. The Bertz CT molecular complexity index is 835. The molecule has 0 aliphatic rings. The fourth-order valence-electron chi connectivity index (χ4n) is 3.32. The normalized spacial score (nSPS) is 12.7. The third-order valence-corrected chi connectivity index (χ3v) is 4.78. The molecule has 31 heavy (non-hydrogen) atoms. The van der Waals surface area contributed by atoms with Crippen LogP contribution >= 0.6 is 0 Å². The number of esters is 2. The fraction of sp³-hybridized carbons (Fsp3) is 0.391. The SMILES string of the molecule is CC(=O)OC(CCc1ccc(O)c(O)c1)CC(CCc1ccc(O)c(O)c1)OC(C)=O. The topological polar surface area (TPSA) is 134 Å². The number of phenolic OH excluding ortho intramolecular Hbond substituents is 4. The minimum Gasteiger partial charge on any atom is -0.504 e. The van der Waals surface area contributed by atoms with Gasteiger partial charge in [-0.15, -0.1) is 0 Å². The van der Waals surface area contributed by atoms with Crippen molar-refractivity contribution in [2.45, 2.75) is 58.2 Å². The summed E-state index contributed by atoms with van der Waals surface area (Å²) < 4.78 is 10.8. The zero-order valence-corrected chi connectivity index (χ0v) is 17.6. The molecule has 2 unspecified atom stereocenters. The largest absolute Gasteiger partial charge is 0.504 e. The highest BCUT2D eigenvalue weighted by molar-refractivity contribution is 5.66. The Balaban J connectivity index is 2.04. The molecule has 8 nitrogen and oxygen atoms in total. The number of carbonyl (C=O) groups excluding carboxylic acids is 2. The minimum atomic E-state index is -0.522. The van der Waals surface area contributed by atoms with E-state index in [0.717, 1.165) is 11.1 Å². The molecule has 0 amide bonds. The van der Waals surface area contributed by atoms with Gasteiger partial charge >= 0.3 is 11.9 Å². The van der Waals surface area contributed by atoms with Gasteiger partial charge in [-0.3, -0.25) is 9.59 Å². The van der Waals surface area contributed by atoms with E-state index in [9.17, 15) is 30.0 Å². The van der Waals surface area contributed by atoms with Gasteiger partial charge in [-0.05, 0) is 61.1 Å². The summed E-state index contributed by atoms with van der Waals surface area (Å²) in [5.74, 6) is -1.79. The second-order valence-electron chi connectivity index (χ2n) is 7.42. The van der Waals surface area contributed by atoms with Crippen LogP contribution in [0.2, 0.25) is 0 Å². The van der Waals surface area contributed by atoms with Gasteiger partial charge in [-0.25, -0.2) is 0 Å². The summed E-state index contributed by atoms with van der Waals surface area (Å²) in [6.45, 7) is 2.61. The lowest BCUT2D eigenvalue weighted by Crippen LogP contribution is -2.27. The third-order valence-electron chi connectivity index (χ3n) is 4.78. The van der Waals surface area contributed by atoms with Gasteiger partial charge < -0.3 is 29.9 Å². The van der Waals surface area contributed by atoms with Gasteiger partial charge in [0.05, 0.1) is 0 Å². The van der Waals surface area contributed by atoms with E-state index in [-0.39, 0.29) is 29.4 Å². The van der Waals surface area contributed by atoms with Crippen molar-refractivity contribution in [2.75, 3.05) is 0 Å². The molecule has 2 rings (SSSR count). The quantitative estimate of drug-likeness (QED) is 0.332. The molecule has 0 saturated heterocycles. The molecule has 168 valence electrons. The summed E-state index contributed by atoms with van der Waals surface area (Å²) >= 11 is 0. The van der Waals surface area contributed by atoms with E-state index in [1.165, 1.54) is 38.1 Å². The molecule has 2 atom stereocenters. The first kappa shape index (κ1) is 23.9. The lowest BCUT2D eigenvalue weighted by Gasteiger charge is -2.23. The summed E-state index contributed by atoms with van der Waals surface area (Å²) in [5.41, 5.74) is 1.52. The van der Waals surface area contributed by atoms with Crippen molar-refractivity contribution in [3.63, 3.8) is 0 Å². The molecule has 0 spiro atoms. The molecule has 0 heterocycles. The van der Waals surface area contributed by atoms with Crippen LogP contribution in [-0.2, 0) is 31.9 Å². The van der Waals surface area contributed by atoms with Crippen LogP contribution in [0.4, 0.5) is 0 Å². The van der Waals surface area contributed by atoms with Gasteiger partial charge in [0.2, 0.25) is 0 Å². The number of benzene rings is 2. The van der Waals surface area contributed by atoms with Crippen molar-refractivity contribution in [3.05, 3.63) is 47.5 Å². The highest BCUT2D eigenvalue weighted by Gasteiger charge is 2.22. The highest BCUT2D eigenvalue weighted by atomic mass is 16.6. The van der Waals surface area contributed by atoms with Gasteiger partial charge in [0, 0.05) is 20.3 Å². The van der Waals surface area contributed by atoms with Gasteiger partial charge in [-0.1, -0.05) is 12.1 Å². The molecule has 8 heteroatoms. The molecule has 0 fully saturated rings. The van der Waals surface area contributed by atoms with E-state index < -0.39 is 24.1 Å². The van der Waals surface area contributed by atoms with E-state index in [1.807, 2.05) is 0 Å². The number of phenols is 4. The monoisotopic (exact) mass is 432 g/mol. The fourth-order valence-corrected chi connectivity index (χ4v) is 3.32. The molecule has 2 aromatic rings. The predicted octanol–water partition coefficient (Wildman–Crippen LogP) is 3.33. The Morgan fingerprint density at radius 1 is 0.710 bits per heavy atom. The zero-order chi connectivity index (χ0) is 23.0. The molecule has 0 aromatic heterocycles. The van der Waals surface area contributed by atoms with Crippen molar-refractivity contribution in [1.82, 2.24) is 0 Å². The maximum Gasteiger partial charge on any atom is 0.302 e. The van der Waals surface area contributed by atoms with E-state index in [4.69, 9.17) is 9.47 Å². The molecule has 0 bridgehead atoms. The van der Waals surface area contributed by atoms with Crippen LogP contribution in [0.5, 0.6) is 23.0 Å². The Morgan fingerprint density at radius 2 is 1.10 bits per heavy atom. The predicted molar refractivity (Wildman–Crippen MR) is 112 cm³/mol. The first-order chi connectivity index (χ1) is 14.6. The van der Waals surface area contributed by atoms with Gasteiger partial charge in [0.25, 0.3) is 0 Å². The molecule has 2 aromatic carbocycles. The number of rotatable bonds is 10. The van der Waals surface area contributed by atoms with Crippen LogP contribution in [0.25, 0.3) is 0 Å². The number of hydrogen-bond acceptors (Lipinski definition) is 8. The van der Waals surface area contributed by atoms with Crippen LogP contribution in [0.1, 0.15) is 44.2 Å². The smallest absolute Gasteiger partial charge is 0.302 e. The highest BCUT2D eigenvalue weighted by Crippen LogP contribution is 2.28. The minimum absolute atomic E-state index is 0.213. The third kappa shape index (κ3) is 8.08. The van der Waals surface area contributed by atoms with Crippen LogP contribution in [0.15, 0.2) is 36.4 Å². The van der Waals surface area contributed by atoms with Crippen LogP contribution in [0, 0.1) is 0 Å². The molecule has 4 N–H and O–H groups in total. The first-order valence-electron chi connectivity index (χ1n) is 10.00. The van der Waals surface area contributed by atoms with Crippen molar-refractivity contribution >= 4 is 11.9 Å². The van der Waals surface area contributed by atoms with Gasteiger partial charge in [0.1, 0.15) is 12.2 Å². The molecule has 0 aliphatic carbocycles. The lowest BCUT2D eigenvalue weighted by molar-refractivity contribution is -0.153. The number of aromatic hydroxyl groups is 4. The molecular weight excluding hydrogens is 404 g/mol. The van der Waals surface area contributed by atoms with Gasteiger partial charge in [-0.2, -0.15) is 0 Å². The average Bonchev–Trinajstić information content (AvgIpc) is 2.68. The summed E-state index contributed by atoms with van der Waals surface area (Å²) in [6.07, 6.45) is 1.06. The lowest BCUT2D eigenvalue weighted by atomic mass is 9.98. The first-order valence-corrected chi connectivity index (χ1v) is 10.00. The van der Waals surface area contributed by atoms with Gasteiger partial charge in [0.15, 0.2) is 23.0 Å². The van der Waals surface area contributed by atoms with Crippen LogP contribution in [0.3, 0.4) is 0 Å². The average molecular weight is 432 g/mol. The Hall–Kier alpha value is -3.42. The maximum atomic E-state index is 11.6. The number of carbonyl (C=O) groups is 2. The zero-order valence-electron chi connectivity index (χ0n) is 17.6.